The van der Waals surface area contributed by atoms with Crippen molar-refractivity contribution in [3.8, 4) is 12.3 Å². The van der Waals surface area contributed by atoms with Gasteiger partial charge in [0.2, 0.25) is 0 Å². The first-order chi connectivity index (χ1) is 6.69. The van der Waals surface area contributed by atoms with E-state index in [-0.39, 0.29) is 0 Å². The Morgan fingerprint density at radius 1 is 1.43 bits per heavy atom. The largest absolute Gasteiger partial charge is 0.120 e. The van der Waals surface area contributed by atoms with E-state index >= 15 is 0 Å². The molecule has 2 heteroatoms. The Morgan fingerprint density at radius 3 is 2.71 bits per heavy atom. The molecule has 0 fully saturated rings. The lowest BCUT2D eigenvalue weighted by Gasteiger charge is -2.14. The van der Waals surface area contributed by atoms with Crippen LogP contribution >= 0.6 is 31.9 Å². The fourth-order valence-corrected chi connectivity index (χ4v) is 2.39. The van der Waals surface area contributed by atoms with Crippen LogP contribution in [0.1, 0.15) is 31.2 Å². The number of terminal acetylenes is 1. The maximum atomic E-state index is 5.35. The summed E-state index contributed by atoms with van der Waals surface area (Å²) < 4.78 is 2.24. The lowest BCUT2D eigenvalue weighted by molar-refractivity contribution is 0.681. The Hall–Kier alpha value is -0.260. The third-order valence-electron chi connectivity index (χ3n) is 2.25. The molecule has 0 aliphatic rings. The molecule has 0 aromatic heterocycles. The smallest absolute Gasteiger partial charge is 0.0211 e. The van der Waals surface area contributed by atoms with Gasteiger partial charge in [0.1, 0.15) is 0 Å². The van der Waals surface area contributed by atoms with E-state index in [1.807, 2.05) is 6.07 Å². The van der Waals surface area contributed by atoms with E-state index in [0.29, 0.717) is 5.92 Å². The molecule has 0 spiro atoms. The van der Waals surface area contributed by atoms with Crippen LogP contribution < -0.4 is 0 Å². The Morgan fingerprint density at radius 2 is 2.14 bits per heavy atom. The molecule has 0 N–H and O–H groups in total. The van der Waals surface area contributed by atoms with Gasteiger partial charge in [-0.15, -0.1) is 12.3 Å². The molecule has 0 radical (unpaired) electrons. The zero-order valence-electron chi connectivity index (χ0n) is 8.06. The quantitative estimate of drug-likeness (QED) is 0.707. The average molecular weight is 316 g/mol. The summed E-state index contributed by atoms with van der Waals surface area (Å²) in [5.41, 5.74) is 1.29. The van der Waals surface area contributed by atoms with Crippen molar-refractivity contribution in [2.75, 3.05) is 0 Å². The summed E-state index contributed by atoms with van der Waals surface area (Å²) in [6.07, 6.45) is 7.22. The molecule has 0 bridgehead atoms. The van der Waals surface area contributed by atoms with E-state index in [1.54, 1.807) is 0 Å². The van der Waals surface area contributed by atoms with Gasteiger partial charge in [-0.3, -0.25) is 0 Å². The number of hydrogen-bond acceptors (Lipinski definition) is 0. The minimum atomic E-state index is 0.451. The maximum absolute atomic E-state index is 5.35. The summed E-state index contributed by atoms with van der Waals surface area (Å²) in [7, 11) is 0. The second kappa shape index (κ2) is 5.58. The van der Waals surface area contributed by atoms with E-state index < -0.39 is 0 Å². The average Bonchev–Trinajstić information content (AvgIpc) is 2.18. The van der Waals surface area contributed by atoms with Crippen molar-refractivity contribution in [3.63, 3.8) is 0 Å². The third kappa shape index (κ3) is 2.87. The number of benzene rings is 1. The zero-order valence-corrected chi connectivity index (χ0v) is 11.2. The Kier molecular flexibility index (Phi) is 4.71. The van der Waals surface area contributed by atoms with Crippen LogP contribution in [0.15, 0.2) is 27.1 Å². The predicted octanol–water partition coefficient (Wildman–Crippen LogP) is 4.73. The molecule has 0 heterocycles. The highest BCUT2D eigenvalue weighted by Crippen LogP contribution is 2.31. The number of hydrogen-bond donors (Lipinski definition) is 0. The van der Waals surface area contributed by atoms with E-state index in [4.69, 9.17) is 6.42 Å². The van der Waals surface area contributed by atoms with Crippen molar-refractivity contribution < 1.29 is 0 Å². The van der Waals surface area contributed by atoms with Crippen LogP contribution in [0, 0.1) is 12.3 Å². The van der Waals surface area contributed by atoms with Crippen molar-refractivity contribution in [2.45, 2.75) is 25.7 Å². The monoisotopic (exact) mass is 314 g/mol. The van der Waals surface area contributed by atoms with Crippen LogP contribution in [0.4, 0.5) is 0 Å². The molecule has 1 atom stereocenters. The van der Waals surface area contributed by atoms with E-state index in [2.05, 4.69) is 56.8 Å². The summed E-state index contributed by atoms with van der Waals surface area (Å²) in [5, 5.41) is 0. The highest BCUT2D eigenvalue weighted by atomic mass is 79.9. The standard InChI is InChI=1S/C12H12Br2/c1-3-5-9(4-2)11-8-10(13)6-7-12(11)14/h1,6-9H,4-5H2,2H3. The van der Waals surface area contributed by atoms with E-state index in [1.165, 1.54) is 5.56 Å². The van der Waals surface area contributed by atoms with Crippen molar-refractivity contribution in [1.82, 2.24) is 0 Å². The molecule has 14 heavy (non-hydrogen) atoms. The van der Waals surface area contributed by atoms with Gasteiger partial charge < -0.3 is 0 Å². The molecule has 0 saturated carbocycles. The van der Waals surface area contributed by atoms with E-state index in [0.717, 1.165) is 21.8 Å². The summed E-state index contributed by atoms with van der Waals surface area (Å²) in [5.74, 6) is 3.18. The molecule has 0 nitrogen and oxygen atoms in total. The minimum absolute atomic E-state index is 0.451. The fourth-order valence-electron chi connectivity index (χ4n) is 1.44. The Balaban J connectivity index is 3.03. The SMILES string of the molecule is C#CCC(CC)c1cc(Br)ccc1Br. The first-order valence-corrected chi connectivity index (χ1v) is 6.16. The van der Waals surface area contributed by atoms with Gasteiger partial charge in [-0.2, -0.15) is 0 Å². The maximum Gasteiger partial charge on any atom is 0.0211 e. The van der Waals surface area contributed by atoms with Gasteiger partial charge in [-0.25, -0.2) is 0 Å². The summed E-state index contributed by atoms with van der Waals surface area (Å²) in [6.45, 7) is 2.16. The first-order valence-electron chi connectivity index (χ1n) is 4.57. The topological polar surface area (TPSA) is 0 Å². The second-order valence-electron chi connectivity index (χ2n) is 3.18. The molecular formula is C12H12Br2. The summed E-state index contributed by atoms with van der Waals surface area (Å²) in [6, 6.07) is 6.21. The fraction of sp³-hybridized carbons (Fsp3) is 0.333. The third-order valence-corrected chi connectivity index (χ3v) is 3.47. The lowest BCUT2D eigenvalue weighted by atomic mass is 9.94. The second-order valence-corrected chi connectivity index (χ2v) is 4.95. The van der Waals surface area contributed by atoms with E-state index in [9.17, 15) is 0 Å². The molecule has 0 aliphatic heterocycles. The van der Waals surface area contributed by atoms with Crippen LogP contribution in [-0.4, -0.2) is 0 Å². The summed E-state index contributed by atoms with van der Waals surface area (Å²) >= 11 is 7.02. The van der Waals surface area contributed by atoms with Crippen LogP contribution in [0.25, 0.3) is 0 Å². The molecule has 0 saturated heterocycles. The van der Waals surface area contributed by atoms with Crippen LogP contribution in [0.5, 0.6) is 0 Å². The molecule has 1 aromatic carbocycles. The highest BCUT2D eigenvalue weighted by molar-refractivity contribution is 9.11. The van der Waals surface area contributed by atoms with Gasteiger partial charge in [0.25, 0.3) is 0 Å². The van der Waals surface area contributed by atoms with Gasteiger partial charge >= 0.3 is 0 Å². The van der Waals surface area contributed by atoms with Crippen LogP contribution in [-0.2, 0) is 0 Å². The van der Waals surface area contributed by atoms with Gasteiger partial charge in [0.05, 0.1) is 0 Å². The van der Waals surface area contributed by atoms with Crippen molar-refractivity contribution in [3.05, 3.63) is 32.7 Å². The molecule has 0 aliphatic carbocycles. The molecule has 0 amide bonds. The molecule has 1 aromatic rings. The molecule has 1 rings (SSSR count). The number of rotatable bonds is 3. The Labute approximate surface area is 102 Å². The van der Waals surface area contributed by atoms with Crippen molar-refractivity contribution in [2.24, 2.45) is 0 Å². The Bertz CT molecular complexity index is 350. The molecule has 74 valence electrons. The normalized spacial score (nSPS) is 12.1. The van der Waals surface area contributed by atoms with Gasteiger partial charge in [-0.1, -0.05) is 38.8 Å². The lowest BCUT2D eigenvalue weighted by Crippen LogP contribution is -1.97. The number of halogens is 2. The van der Waals surface area contributed by atoms with Crippen molar-refractivity contribution >= 4 is 31.9 Å². The van der Waals surface area contributed by atoms with Gasteiger partial charge in [0.15, 0.2) is 0 Å². The highest BCUT2D eigenvalue weighted by Gasteiger charge is 2.11. The van der Waals surface area contributed by atoms with Gasteiger partial charge in [0, 0.05) is 15.4 Å². The molecular weight excluding hydrogens is 304 g/mol. The van der Waals surface area contributed by atoms with Gasteiger partial charge in [-0.05, 0) is 36.1 Å². The van der Waals surface area contributed by atoms with Crippen molar-refractivity contribution in [1.29, 1.82) is 0 Å². The van der Waals surface area contributed by atoms with Crippen LogP contribution in [0.3, 0.4) is 0 Å². The zero-order chi connectivity index (χ0) is 10.6. The summed E-state index contributed by atoms with van der Waals surface area (Å²) in [4.78, 5) is 0. The first kappa shape index (κ1) is 11.8. The van der Waals surface area contributed by atoms with Crippen LogP contribution in [0.2, 0.25) is 0 Å². The predicted molar refractivity (Wildman–Crippen MR) is 68.3 cm³/mol. The minimum Gasteiger partial charge on any atom is -0.120 e. The molecule has 1 unspecified atom stereocenters.